The summed E-state index contributed by atoms with van der Waals surface area (Å²) in [6, 6.07) is 2.42. The van der Waals surface area contributed by atoms with E-state index in [4.69, 9.17) is 0 Å². The van der Waals surface area contributed by atoms with Crippen molar-refractivity contribution >= 4 is 27.5 Å². The lowest BCUT2D eigenvalue weighted by molar-refractivity contribution is -0.167. The van der Waals surface area contributed by atoms with Crippen LogP contribution in [0.5, 0.6) is 0 Å². The molecule has 16 heavy (non-hydrogen) atoms. The molecule has 0 aliphatic heterocycles. The first-order valence-electron chi connectivity index (χ1n) is 4.05. The molecule has 0 spiro atoms. The molecule has 7 heteroatoms. The molecule has 0 aliphatic rings. The number of benzene rings is 1. The van der Waals surface area contributed by atoms with E-state index in [1.807, 2.05) is 0 Å². The minimum absolute atomic E-state index is 0.0580. The van der Waals surface area contributed by atoms with Crippen molar-refractivity contribution in [1.82, 2.24) is 0 Å². The van der Waals surface area contributed by atoms with Gasteiger partial charge in [-0.2, -0.15) is 13.2 Å². The summed E-state index contributed by atoms with van der Waals surface area (Å²) >= 11 is 2.87. The van der Waals surface area contributed by atoms with E-state index in [1.54, 1.807) is 6.92 Å². The van der Waals surface area contributed by atoms with Crippen molar-refractivity contribution in [1.29, 1.82) is 0 Å². The molecule has 1 rings (SSSR count). The first-order chi connectivity index (χ1) is 7.21. The van der Waals surface area contributed by atoms with Crippen molar-refractivity contribution in [3.63, 3.8) is 0 Å². The van der Waals surface area contributed by atoms with Gasteiger partial charge in [0.1, 0.15) is 5.82 Å². The van der Waals surface area contributed by atoms with Gasteiger partial charge in [-0.3, -0.25) is 4.79 Å². The molecule has 0 saturated heterocycles. The first kappa shape index (κ1) is 13.0. The molecule has 0 atom stereocenters. The molecule has 0 aliphatic carbocycles. The standard InChI is InChI=1S/C9H6BrF4NO/c1-4-2-5(10)7(6(11)3-4)15-8(16)9(12,13)14/h2-3H,1H3,(H,15,16). The van der Waals surface area contributed by atoms with Gasteiger partial charge in [0.15, 0.2) is 0 Å². The summed E-state index contributed by atoms with van der Waals surface area (Å²) in [6.07, 6.45) is -5.04. The first-order valence-corrected chi connectivity index (χ1v) is 4.85. The zero-order chi connectivity index (χ0) is 12.5. The average molecular weight is 300 g/mol. The SMILES string of the molecule is Cc1cc(F)c(NC(=O)C(F)(F)F)c(Br)c1. The maximum atomic E-state index is 13.2. The van der Waals surface area contributed by atoms with Gasteiger partial charge in [-0.1, -0.05) is 0 Å². The van der Waals surface area contributed by atoms with Crippen molar-refractivity contribution in [2.24, 2.45) is 0 Å². The Kier molecular flexibility index (Phi) is 3.57. The van der Waals surface area contributed by atoms with Gasteiger partial charge in [0, 0.05) is 4.47 Å². The molecule has 2 nitrogen and oxygen atoms in total. The van der Waals surface area contributed by atoms with Crippen molar-refractivity contribution in [3.8, 4) is 0 Å². The number of carbonyl (C=O) groups is 1. The van der Waals surface area contributed by atoms with Crippen LogP contribution in [-0.2, 0) is 4.79 Å². The highest BCUT2D eigenvalue weighted by Gasteiger charge is 2.39. The van der Waals surface area contributed by atoms with Crippen molar-refractivity contribution in [2.75, 3.05) is 5.32 Å². The Morgan fingerprint density at radius 2 is 1.94 bits per heavy atom. The molecule has 0 heterocycles. The van der Waals surface area contributed by atoms with E-state index < -0.39 is 23.6 Å². The van der Waals surface area contributed by atoms with Gasteiger partial charge >= 0.3 is 12.1 Å². The molecule has 1 amide bonds. The summed E-state index contributed by atoms with van der Waals surface area (Å²) in [5.41, 5.74) is 0.00214. The normalized spacial score (nSPS) is 11.4. The van der Waals surface area contributed by atoms with Crippen LogP contribution in [0, 0.1) is 12.7 Å². The van der Waals surface area contributed by atoms with Crippen molar-refractivity contribution < 1.29 is 22.4 Å². The van der Waals surface area contributed by atoms with E-state index >= 15 is 0 Å². The molecule has 0 fully saturated rings. The van der Waals surface area contributed by atoms with Crippen LogP contribution >= 0.6 is 15.9 Å². The van der Waals surface area contributed by atoms with Crippen molar-refractivity contribution in [2.45, 2.75) is 13.1 Å². The Labute approximate surface area is 96.8 Å². The third kappa shape index (κ3) is 2.94. The predicted molar refractivity (Wildman–Crippen MR) is 53.5 cm³/mol. The molecule has 0 radical (unpaired) electrons. The fraction of sp³-hybridized carbons (Fsp3) is 0.222. The maximum Gasteiger partial charge on any atom is 0.471 e. The van der Waals surface area contributed by atoms with Gasteiger partial charge in [0.2, 0.25) is 0 Å². The molecule has 0 unspecified atom stereocenters. The molecule has 1 aromatic rings. The number of hydrogen-bond donors (Lipinski definition) is 1. The number of aryl methyl sites for hydroxylation is 1. The van der Waals surface area contributed by atoms with Crippen molar-refractivity contribution in [3.05, 3.63) is 28.0 Å². The maximum absolute atomic E-state index is 13.2. The van der Waals surface area contributed by atoms with Crippen LogP contribution in [0.2, 0.25) is 0 Å². The highest BCUT2D eigenvalue weighted by atomic mass is 79.9. The highest BCUT2D eigenvalue weighted by Crippen LogP contribution is 2.28. The van der Waals surface area contributed by atoms with Gasteiger partial charge in [0.05, 0.1) is 5.69 Å². The lowest BCUT2D eigenvalue weighted by Gasteiger charge is -2.11. The molecular formula is C9H6BrF4NO. The van der Waals surface area contributed by atoms with Crippen LogP contribution in [0.15, 0.2) is 16.6 Å². The number of carbonyl (C=O) groups excluding carboxylic acids is 1. The largest absolute Gasteiger partial charge is 0.471 e. The van der Waals surface area contributed by atoms with Crippen LogP contribution in [-0.4, -0.2) is 12.1 Å². The Morgan fingerprint density at radius 3 is 2.38 bits per heavy atom. The minimum atomic E-state index is -5.04. The van der Waals surface area contributed by atoms with Gasteiger partial charge in [-0.15, -0.1) is 0 Å². The Bertz CT molecular complexity index is 407. The summed E-state index contributed by atoms with van der Waals surface area (Å²) in [6.45, 7) is 1.57. The molecule has 1 N–H and O–H groups in total. The lowest BCUT2D eigenvalue weighted by atomic mass is 10.2. The summed E-state index contributed by atoms with van der Waals surface area (Å²) in [5, 5.41) is 1.46. The summed E-state index contributed by atoms with van der Waals surface area (Å²) in [7, 11) is 0. The van der Waals surface area contributed by atoms with Gasteiger partial charge < -0.3 is 5.32 Å². The van der Waals surface area contributed by atoms with E-state index in [-0.39, 0.29) is 4.47 Å². The summed E-state index contributed by atoms with van der Waals surface area (Å²) in [5.74, 6) is -3.14. The van der Waals surface area contributed by atoms with Crippen LogP contribution in [0.4, 0.5) is 23.2 Å². The number of hydrogen-bond acceptors (Lipinski definition) is 1. The zero-order valence-electron chi connectivity index (χ0n) is 7.95. The minimum Gasteiger partial charge on any atom is -0.315 e. The van der Waals surface area contributed by atoms with Crippen LogP contribution in [0.1, 0.15) is 5.56 Å². The fourth-order valence-electron chi connectivity index (χ4n) is 1.00. The number of amides is 1. The van der Waals surface area contributed by atoms with E-state index in [9.17, 15) is 22.4 Å². The van der Waals surface area contributed by atoms with Crippen LogP contribution < -0.4 is 5.32 Å². The average Bonchev–Trinajstić information content (AvgIpc) is 2.08. The number of anilines is 1. The highest BCUT2D eigenvalue weighted by molar-refractivity contribution is 9.10. The molecule has 0 aromatic heterocycles. The molecule has 0 saturated carbocycles. The fourth-order valence-corrected chi connectivity index (χ4v) is 1.65. The summed E-state index contributed by atoms with van der Waals surface area (Å²) < 4.78 is 49.1. The second kappa shape index (κ2) is 4.40. The number of halogens is 5. The molecular weight excluding hydrogens is 294 g/mol. The molecule has 0 bridgehead atoms. The quantitative estimate of drug-likeness (QED) is 0.791. The van der Waals surface area contributed by atoms with Gasteiger partial charge in [-0.25, -0.2) is 4.39 Å². The monoisotopic (exact) mass is 299 g/mol. The van der Waals surface area contributed by atoms with E-state index in [0.29, 0.717) is 5.56 Å². The van der Waals surface area contributed by atoms with Crippen LogP contribution in [0.25, 0.3) is 0 Å². The lowest BCUT2D eigenvalue weighted by Crippen LogP contribution is -2.30. The molecule has 1 aromatic carbocycles. The van der Waals surface area contributed by atoms with Gasteiger partial charge in [-0.05, 0) is 40.5 Å². The Hall–Kier alpha value is -1.11. The van der Waals surface area contributed by atoms with E-state index in [2.05, 4.69) is 15.9 Å². The zero-order valence-corrected chi connectivity index (χ0v) is 9.54. The van der Waals surface area contributed by atoms with E-state index in [1.165, 1.54) is 11.4 Å². The van der Waals surface area contributed by atoms with E-state index in [0.717, 1.165) is 6.07 Å². The third-order valence-electron chi connectivity index (χ3n) is 1.68. The second-order valence-corrected chi connectivity index (χ2v) is 3.91. The topological polar surface area (TPSA) is 29.1 Å². The summed E-state index contributed by atoms with van der Waals surface area (Å²) in [4.78, 5) is 10.6. The number of rotatable bonds is 1. The third-order valence-corrected chi connectivity index (χ3v) is 2.31. The smallest absolute Gasteiger partial charge is 0.315 e. The Morgan fingerprint density at radius 1 is 1.38 bits per heavy atom. The van der Waals surface area contributed by atoms with Gasteiger partial charge in [0.25, 0.3) is 0 Å². The molecule has 88 valence electrons. The predicted octanol–water partition coefficient (Wildman–Crippen LogP) is 3.40. The number of nitrogens with one attached hydrogen (secondary N) is 1. The Balaban J connectivity index is 3.03. The number of alkyl halides is 3. The second-order valence-electron chi connectivity index (χ2n) is 3.06. The van der Waals surface area contributed by atoms with Crippen LogP contribution in [0.3, 0.4) is 0 Å².